The molecule has 102 valence electrons. The summed E-state index contributed by atoms with van der Waals surface area (Å²) in [5.74, 6) is -0.362. The molecule has 1 aromatic heterocycles. The van der Waals surface area contributed by atoms with Crippen LogP contribution in [0, 0.1) is 10.1 Å². The molecule has 0 saturated carbocycles. The molecule has 0 aliphatic carbocycles. The Kier molecular flexibility index (Phi) is 3.61. The summed E-state index contributed by atoms with van der Waals surface area (Å²) in [7, 11) is 0. The average molecular weight is 266 g/mol. The first-order chi connectivity index (χ1) is 9.00. The van der Waals surface area contributed by atoms with Gasteiger partial charge in [-0.1, -0.05) is 0 Å². The van der Waals surface area contributed by atoms with E-state index in [2.05, 4.69) is 4.98 Å². The summed E-state index contributed by atoms with van der Waals surface area (Å²) >= 11 is 0. The van der Waals surface area contributed by atoms with Gasteiger partial charge in [-0.05, 0) is 6.92 Å². The first-order valence-electron chi connectivity index (χ1n) is 5.79. The van der Waals surface area contributed by atoms with E-state index < -0.39 is 4.92 Å². The Bertz CT molecular complexity index is 519. The van der Waals surface area contributed by atoms with Gasteiger partial charge in [-0.15, -0.1) is 0 Å². The van der Waals surface area contributed by atoms with Crippen LogP contribution < -0.4 is 5.73 Å². The zero-order chi connectivity index (χ0) is 14.0. The first-order valence-corrected chi connectivity index (χ1v) is 5.79. The van der Waals surface area contributed by atoms with Crippen molar-refractivity contribution in [3.63, 3.8) is 0 Å². The first kappa shape index (κ1) is 13.2. The Morgan fingerprint density at radius 3 is 3.05 bits per heavy atom. The maximum Gasteiger partial charge on any atom is 0.288 e. The molecule has 0 spiro atoms. The normalized spacial score (nSPS) is 19.2. The highest BCUT2D eigenvalue weighted by Gasteiger charge is 2.27. The molecule has 1 atom stereocenters. The zero-order valence-corrected chi connectivity index (χ0v) is 10.4. The van der Waals surface area contributed by atoms with Crippen molar-refractivity contribution in [1.29, 1.82) is 0 Å². The molecular weight excluding hydrogens is 252 g/mol. The predicted octanol–water partition coefficient (Wildman–Crippen LogP) is 0.433. The third kappa shape index (κ3) is 2.63. The van der Waals surface area contributed by atoms with E-state index in [4.69, 9.17) is 10.5 Å². The number of amides is 1. The number of carbonyl (C=O) groups excluding carboxylic acids is 1. The van der Waals surface area contributed by atoms with Crippen molar-refractivity contribution >= 4 is 17.4 Å². The van der Waals surface area contributed by atoms with E-state index in [0.29, 0.717) is 19.8 Å². The highest BCUT2D eigenvalue weighted by Crippen LogP contribution is 2.20. The molecule has 8 heteroatoms. The van der Waals surface area contributed by atoms with Crippen LogP contribution in [0.1, 0.15) is 17.3 Å². The van der Waals surface area contributed by atoms with Gasteiger partial charge in [-0.2, -0.15) is 0 Å². The average Bonchev–Trinajstić information content (AvgIpc) is 2.38. The van der Waals surface area contributed by atoms with Gasteiger partial charge in [0.15, 0.2) is 0 Å². The summed E-state index contributed by atoms with van der Waals surface area (Å²) < 4.78 is 5.24. The number of nitrogen functional groups attached to an aromatic ring is 1. The number of hydrogen-bond donors (Lipinski definition) is 1. The third-order valence-corrected chi connectivity index (χ3v) is 2.97. The Labute approximate surface area is 109 Å². The molecule has 8 nitrogen and oxygen atoms in total. The van der Waals surface area contributed by atoms with Gasteiger partial charge >= 0.3 is 0 Å². The van der Waals surface area contributed by atoms with Crippen LogP contribution in [0.2, 0.25) is 0 Å². The van der Waals surface area contributed by atoms with Gasteiger partial charge in [0.2, 0.25) is 0 Å². The SMILES string of the molecule is CC1COCCN1C(=O)c1cc([N+](=O)[O-])cnc1N. The molecule has 1 aliphatic heterocycles. The number of anilines is 1. The van der Waals surface area contributed by atoms with E-state index >= 15 is 0 Å². The minimum atomic E-state index is -0.605. The van der Waals surface area contributed by atoms with Crippen LogP contribution in [0.4, 0.5) is 11.5 Å². The maximum atomic E-state index is 12.3. The number of carbonyl (C=O) groups is 1. The molecule has 1 aliphatic rings. The van der Waals surface area contributed by atoms with Crippen molar-refractivity contribution in [2.45, 2.75) is 13.0 Å². The van der Waals surface area contributed by atoms with Crippen LogP contribution in [0.3, 0.4) is 0 Å². The molecule has 1 aromatic rings. The van der Waals surface area contributed by atoms with Crippen LogP contribution >= 0.6 is 0 Å². The molecule has 1 unspecified atom stereocenters. The predicted molar refractivity (Wildman–Crippen MR) is 66.6 cm³/mol. The molecule has 2 heterocycles. The van der Waals surface area contributed by atoms with Crippen LogP contribution in [-0.2, 0) is 4.74 Å². The van der Waals surface area contributed by atoms with Gasteiger partial charge in [0, 0.05) is 12.6 Å². The standard InChI is InChI=1S/C11H14N4O4/c1-7-6-19-3-2-14(7)11(16)9-4-8(15(17)18)5-13-10(9)12/h4-5,7H,2-3,6H2,1H3,(H2,12,13). The molecule has 0 aromatic carbocycles. The zero-order valence-electron chi connectivity index (χ0n) is 10.4. The van der Waals surface area contributed by atoms with Gasteiger partial charge in [-0.25, -0.2) is 4.98 Å². The number of nitrogens with two attached hydrogens (primary N) is 1. The summed E-state index contributed by atoms with van der Waals surface area (Å²) in [5, 5.41) is 10.7. The summed E-state index contributed by atoms with van der Waals surface area (Å²) in [4.78, 5) is 27.7. The lowest BCUT2D eigenvalue weighted by Crippen LogP contribution is -2.47. The maximum absolute atomic E-state index is 12.3. The van der Waals surface area contributed by atoms with Crippen molar-refractivity contribution in [3.8, 4) is 0 Å². The monoisotopic (exact) mass is 266 g/mol. The Morgan fingerprint density at radius 2 is 2.42 bits per heavy atom. The molecular formula is C11H14N4O4. The van der Waals surface area contributed by atoms with E-state index in [1.54, 1.807) is 4.90 Å². The number of nitrogens with zero attached hydrogens (tertiary/aromatic N) is 3. The van der Waals surface area contributed by atoms with Crippen molar-refractivity contribution in [2.75, 3.05) is 25.5 Å². The molecule has 1 fully saturated rings. The van der Waals surface area contributed by atoms with E-state index in [0.717, 1.165) is 12.3 Å². The molecule has 0 radical (unpaired) electrons. The second kappa shape index (κ2) is 5.19. The largest absolute Gasteiger partial charge is 0.383 e. The van der Waals surface area contributed by atoms with Gasteiger partial charge in [-0.3, -0.25) is 14.9 Å². The van der Waals surface area contributed by atoms with E-state index in [9.17, 15) is 14.9 Å². The van der Waals surface area contributed by atoms with Crippen LogP contribution in [0.15, 0.2) is 12.3 Å². The highest BCUT2D eigenvalue weighted by molar-refractivity contribution is 5.99. The van der Waals surface area contributed by atoms with E-state index in [1.807, 2.05) is 6.92 Å². The fourth-order valence-electron chi connectivity index (χ4n) is 1.92. The molecule has 19 heavy (non-hydrogen) atoms. The van der Waals surface area contributed by atoms with Crippen LogP contribution in [0.25, 0.3) is 0 Å². The molecule has 0 bridgehead atoms. The van der Waals surface area contributed by atoms with Gasteiger partial charge in [0.05, 0.1) is 29.7 Å². The quantitative estimate of drug-likeness (QED) is 0.613. The minimum Gasteiger partial charge on any atom is -0.383 e. The second-order valence-electron chi connectivity index (χ2n) is 4.31. The number of morpholine rings is 1. The summed E-state index contributed by atoms with van der Waals surface area (Å²) in [5.41, 5.74) is 5.44. The fraction of sp³-hybridized carbons (Fsp3) is 0.455. The Hall–Kier alpha value is -2.22. The smallest absolute Gasteiger partial charge is 0.288 e. The highest BCUT2D eigenvalue weighted by atomic mass is 16.6. The second-order valence-corrected chi connectivity index (χ2v) is 4.31. The minimum absolute atomic E-state index is 0.00529. The molecule has 1 saturated heterocycles. The van der Waals surface area contributed by atoms with Crippen molar-refractivity contribution in [2.24, 2.45) is 0 Å². The van der Waals surface area contributed by atoms with E-state index in [1.165, 1.54) is 0 Å². The van der Waals surface area contributed by atoms with Gasteiger partial charge < -0.3 is 15.4 Å². The van der Waals surface area contributed by atoms with Gasteiger partial charge in [0.25, 0.3) is 11.6 Å². The van der Waals surface area contributed by atoms with Gasteiger partial charge in [0.1, 0.15) is 12.0 Å². The van der Waals surface area contributed by atoms with E-state index in [-0.39, 0.29) is 29.0 Å². The third-order valence-electron chi connectivity index (χ3n) is 2.97. The molecule has 2 rings (SSSR count). The van der Waals surface area contributed by atoms with Crippen molar-refractivity contribution < 1.29 is 14.5 Å². The number of pyridine rings is 1. The number of hydrogen-bond acceptors (Lipinski definition) is 6. The van der Waals surface area contributed by atoms with Crippen LogP contribution in [0.5, 0.6) is 0 Å². The Morgan fingerprint density at radius 1 is 1.68 bits per heavy atom. The lowest BCUT2D eigenvalue weighted by molar-refractivity contribution is -0.385. The van der Waals surface area contributed by atoms with Crippen LogP contribution in [-0.4, -0.2) is 46.5 Å². The topological polar surface area (TPSA) is 112 Å². The van der Waals surface area contributed by atoms with Crippen molar-refractivity contribution in [1.82, 2.24) is 9.88 Å². The lowest BCUT2D eigenvalue weighted by Gasteiger charge is -2.33. The summed E-state index contributed by atoms with van der Waals surface area (Å²) in [6, 6.07) is 1.06. The summed E-state index contributed by atoms with van der Waals surface area (Å²) in [6.07, 6.45) is 1.04. The molecule has 2 N–H and O–H groups in total. The molecule has 1 amide bonds. The number of aromatic nitrogens is 1. The van der Waals surface area contributed by atoms with Crippen molar-refractivity contribution in [3.05, 3.63) is 27.9 Å². The number of nitro groups is 1. The fourth-order valence-corrected chi connectivity index (χ4v) is 1.92. The number of ether oxygens (including phenoxy) is 1. The lowest BCUT2D eigenvalue weighted by atomic mass is 10.1. The number of rotatable bonds is 2. The Balaban J connectivity index is 2.32. The summed E-state index contributed by atoms with van der Waals surface area (Å²) in [6.45, 7) is 3.16.